The smallest absolute Gasteiger partial charge is 0.417 e. The Morgan fingerprint density at radius 1 is 1.28 bits per heavy atom. The highest BCUT2D eigenvalue weighted by atomic mass is 28.4. The maximum Gasteiger partial charge on any atom is 0.417 e. The number of rotatable bonds is 6. The average Bonchev–Trinajstić information content (AvgIpc) is 3.05. The second-order valence-electron chi connectivity index (χ2n) is 10.1. The average molecular weight is 470 g/mol. The van der Waals surface area contributed by atoms with Crippen molar-refractivity contribution in [2.45, 2.75) is 84.3 Å². The van der Waals surface area contributed by atoms with E-state index in [1.54, 1.807) is 0 Å². The minimum atomic E-state index is -2.31. The third kappa shape index (κ3) is 5.55. The first-order valence-electron chi connectivity index (χ1n) is 10.8. The van der Waals surface area contributed by atoms with Gasteiger partial charge in [-0.2, -0.15) is 5.10 Å². The molecule has 180 valence electrons. The van der Waals surface area contributed by atoms with Crippen LogP contribution in [-0.4, -0.2) is 79.7 Å². The Kier molecular flexibility index (Phi) is 7.87. The molecule has 0 radical (unpaired) electrons. The van der Waals surface area contributed by atoms with Gasteiger partial charge < -0.3 is 13.9 Å². The molecule has 0 N–H and O–H groups in total. The molecule has 0 saturated carbocycles. The molecular weight excluding hydrogens is 434 g/mol. The van der Waals surface area contributed by atoms with Gasteiger partial charge in [-0.05, 0) is 24.1 Å². The standard InChI is InChI=1S/C21H35N3O7Si/c1-13(2)11-29-19(27)17-16(31-32(7,8)21(4,5)6)9-10-22-24(17)18(26)15-12-30-20(28)23(15)14(3)25/h10,13,15-17H,9,11-12H2,1-8H3/t15-,16+,17+/m1/s1. The normalized spacial score (nSPS) is 24.0. The molecule has 11 heteroatoms. The molecule has 0 aliphatic carbocycles. The van der Waals surface area contributed by atoms with E-state index in [1.807, 2.05) is 13.8 Å². The van der Waals surface area contributed by atoms with Crippen LogP contribution in [0.1, 0.15) is 48.0 Å². The lowest BCUT2D eigenvalue weighted by Crippen LogP contribution is -2.60. The van der Waals surface area contributed by atoms with Crippen LogP contribution in [0.25, 0.3) is 0 Å². The molecule has 3 atom stereocenters. The monoisotopic (exact) mass is 469 g/mol. The van der Waals surface area contributed by atoms with E-state index in [0.29, 0.717) is 6.42 Å². The van der Waals surface area contributed by atoms with Gasteiger partial charge in [0, 0.05) is 19.6 Å². The summed E-state index contributed by atoms with van der Waals surface area (Å²) in [6.07, 6.45) is 0.275. The van der Waals surface area contributed by atoms with E-state index in [4.69, 9.17) is 13.9 Å². The van der Waals surface area contributed by atoms with E-state index in [-0.39, 0.29) is 24.2 Å². The summed E-state index contributed by atoms with van der Waals surface area (Å²) in [5, 5.41) is 5.02. The highest BCUT2D eigenvalue weighted by Gasteiger charge is 2.50. The van der Waals surface area contributed by atoms with Gasteiger partial charge in [0.15, 0.2) is 20.4 Å². The number of amides is 3. The lowest BCUT2D eigenvalue weighted by atomic mass is 10.1. The molecule has 0 bridgehead atoms. The summed E-state index contributed by atoms with van der Waals surface area (Å²) in [5.41, 5.74) is 0. The molecule has 2 rings (SSSR count). The molecule has 0 aromatic heterocycles. The van der Waals surface area contributed by atoms with Crippen molar-refractivity contribution in [3.63, 3.8) is 0 Å². The van der Waals surface area contributed by atoms with Crippen molar-refractivity contribution in [3.05, 3.63) is 0 Å². The van der Waals surface area contributed by atoms with Crippen LogP contribution in [0.5, 0.6) is 0 Å². The molecule has 1 fully saturated rings. The molecule has 0 unspecified atom stereocenters. The minimum Gasteiger partial charge on any atom is -0.464 e. The van der Waals surface area contributed by atoms with Crippen molar-refractivity contribution < 1.29 is 33.1 Å². The van der Waals surface area contributed by atoms with Crippen molar-refractivity contribution in [1.82, 2.24) is 9.91 Å². The molecule has 32 heavy (non-hydrogen) atoms. The number of ether oxygens (including phenoxy) is 2. The lowest BCUT2D eigenvalue weighted by molar-refractivity contribution is -0.163. The molecule has 3 amide bonds. The Morgan fingerprint density at radius 2 is 1.91 bits per heavy atom. The van der Waals surface area contributed by atoms with E-state index in [1.165, 1.54) is 13.1 Å². The number of esters is 1. The summed E-state index contributed by atoms with van der Waals surface area (Å²) in [6, 6.07) is -2.34. The van der Waals surface area contributed by atoms with Crippen LogP contribution >= 0.6 is 0 Å². The summed E-state index contributed by atoms with van der Waals surface area (Å²) in [6.45, 7) is 15.2. The molecule has 0 spiro atoms. The predicted molar refractivity (Wildman–Crippen MR) is 119 cm³/mol. The van der Waals surface area contributed by atoms with E-state index < -0.39 is 50.4 Å². The van der Waals surface area contributed by atoms with Crippen molar-refractivity contribution in [3.8, 4) is 0 Å². The van der Waals surface area contributed by atoms with Crippen LogP contribution in [-0.2, 0) is 28.3 Å². The topological polar surface area (TPSA) is 115 Å². The molecule has 2 aliphatic rings. The van der Waals surface area contributed by atoms with E-state index in [9.17, 15) is 19.2 Å². The van der Waals surface area contributed by atoms with Crippen LogP contribution in [0.4, 0.5) is 4.79 Å². The largest absolute Gasteiger partial charge is 0.464 e. The highest BCUT2D eigenvalue weighted by molar-refractivity contribution is 6.74. The zero-order valence-corrected chi connectivity index (χ0v) is 21.2. The maximum absolute atomic E-state index is 13.4. The number of imide groups is 1. The van der Waals surface area contributed by atoms with E-state index in [2.05, 4.69) is 39.0 Å². The maximum atomic E-state index is 13.4. The molecule has 1 saturated heterocycles. The van der Waals surface area contributed by atoms with Crippen molar-refractivity contribution in [2.75, 3.05) is 13.2 Å². The van der Waals surface area contributed by atoms with Gasteiger partial charge in [-0.25, -0.2) is 19.5 Å². The van der Waals surface area contributed by atoms with E-state index in [0.717, 1.165) is 9.91 Å². The predicted octanol–water partition coefficient (Wildman–Crippen LogP) is 2.53. The number of hydrogen-bond acceptors (Lipinski definition) is 8. The fourth-order valence-electron chi connectivity index (χ4n) is 3.15. The van der Waals surface area contributed by atoms with Crippen LogP contribution in [0.2, 0.25) is 18.1 Å². The fourth-order valence-corrected chi connectivity index (χ4v) is 4.48. The Balaban J connectivity index is 2.38. The number of hydrogen-bond donors (Lipinski definition) is 0. The van der Waals surface area contributed by atoms with Crippen molar-refractivity contribution >= 4 is 38.4 Å². The van der Waals surface area contributed by atoms with Gasteiger partial charge in [-0.3, -0.25) is 9.59 Å². The summed E-state index contributed by atoms with van der Waals surface area (Å²) < 4.78 is 16.9. The van der Waals surface area contributed by atoms with Crippen LogP contribution in [0.15, 0.2) is 5.10 Å². The molecule has 10 nitrogen and oxygen atoms in total. The molecule has 0 aromatic rings. The zero-order valence-electron chi connectivity index (χ0n) is 20.2. The molecule has 0 aromatic carbocycles. The summed E-state index contributed by atoms with van der Waals surface area (Å²) >= 11 is 0. The van der Waals surface area contributed by atoms with Gasteiger partial charge in [0.05, 0.1) is 12.7 Å². The quantitative estimate of drug-likeness (QED) is 0.434. The van der Waals surface area contributed by atoms with Gasteiger partial charge in [0.1, 0.15) is 6.61 Å². The number of cyclic esters (lactones) is 1. The fraction of sp³-hybridized carbons (Fsp3) is 0.762. The molecular formula is C21H35N3O7Si. The first kappa shape index (κ1) is 26.0. The number of carbonyl (C=O) groups excluding carboxylic acids is 4. The third-order valence-electron chi connectivity index (χ3n) is 5.94. The summed E-state index contributed by atoms with van der Waals surface area (Å²) in [4.78, 5) is 51.1. The Morgan fingerprint density at radius 3 is 2.44 bits per heavy atom. The molecule has 2 heterocycles. The van der Waals surface area contributed by atoms with Crippen LogP contribution < -0.4 is 0 Å². The van der Waals surface area contributed by atoms with Crippen molar-refractivity contribution in [1.29, 1.82) is 0 Å². The second kappa shape index (κ2) is 9.70. The van der Waals surface area contributed by atoms with Gasteiger partial charge in [-0.1, -0.05) is 34.6 Å². The third-order valence-corrected chi connectivity index (χ3v) is 10.4. The first-order valence-corrected chi connectivity index (χ1v) is 13.7. The van der Waals surface area contributed by atoms with Gasteiger partial charge in [-0.15, -0.1) is 0 Å². The highest BCUT2D eigenvalue weighted by Crippen LogP contribution is 2.39. The van der Waals surface area contributed by atoms with E-state index >= 15 is 0 Å². The number of nitrogens with zero attached hydrogens (tertiary/aromatic N) is 3. The minimum absolute atomic E-state index is 0.101. The van der Waals surface area contributed by atoms with Crippen LogP contribution in [0.3, 0.4) is 0 Å². The lowest BCUT2D eigenvalue weighted by Gasteiger charge is -2.43. The summed E-state index contributed by atoms with van der Waals surface area (Å²) in [7, 11) is -2.31. The number of hydrazone groups is 1. The van der Waals surface area contributed by atoms with Gasteiger partial charge in [0.2, 0.25) is 5.91 Å². The zero-order chi connectivity index (χ0) is 24.4. The van der Waals surface area contributed by atoms with Crippen LogP contribution in [0, 0.1) is 5.92 Å². The van der Waals surface area contributed by atoms with Gasteiger partial charge >= 0.3 is 12.1 Å². The Bertz CT molecular complexity index is 791. The Labute approximate surface area is 190 Å². The SMILES string of the molecule is CC(=O)N1C(=O)OC[C@@H]1C(=O)N1N=CC[C@H](O[Si](C)(C)C(C)(C)C)[C@H]1C(=O)OCC(C)C. The van der Waals surface area contributed by atoms with Gasteiger partial charge in [0.25, 0.3) is 5.91 Å². The Hall–Kier alpha value is -2.27. The second-order valence-corrected chi connectivity index (χ2v) is 14.8. The molecule has 2 aliphatic heterocycles. The number of carbonyl (C=O) groups is 4. The first-order chi connectivity index (χ1) is 14.7. The van der Waals surface area contributed by atoms with Crippen molar-refractivity contribution in [2.24, 2.45) is 11.0 Å². The summed E-state index contributed by atoms with van der Waals surface area (Å²) in [5.74, 6) is -1.85.